The number of aliphatic hydroxyl groups excluding tert-OH is 1. The molecular weight excluding hydrogens is 602 g/mol. The topological polar surface area (TPSA) is 131 Å². The van der Waals surface area contributed by atoms with E-state index in [2.05, 4.69) is 16.1 Å². The number of sulfonamides is 1. The summed E-state index contributed by atoms with van der Waals surface area (Å²) in [7, 11) is -0.512. The number of hydrogen-bond donors (Lipinski definition) is 4. The van der Waals surface area contributed by atoms with E-state index in [9.17, 15) is 23.1 Å². The highest BCUT2D eigenvalue weighted by molar-refractivity contribution is 7.92. The maximum atomic E-state index is 13.8. The van der Waals surface area contributed by atoms with Gasteiger partial charge in [0, 0.05) is 31.8 Å². The van der Waals surface area contributed by atoms with Crippen molar-refractivity contribution in [1.29, 1.82) is 0 Å². The van der Waals surface area contributed by atoms with Crippen LogP contribution < -0.4 is 25.4 Å². The van der Waals surface area contributed by atoms with E-state index in [1.807, 2.05) is 105 Å². The first-order valence-corrected chi connectivity index (χ1v) is 16.8. The molecule has 0 heterocycles. The molecule has 4 aromatic carbocycles. The van der Waals surface area contributed by atoms with Crippen LogP contribution in [0.15, 0.2) is 109 Å². The van der Waals surface area contributed by atoms with Gasteiger partial charge in [0.15, 0.2) is 0 Å². The maximum Gasteiger partial charge on any atom is 0.251 e. The molecule has 242 valence electrons. The molecule has 0 radical (unpaired) electrons. The summed E-state index contributed by atoms with van der Waals surface area (Å²) in [6.45, 7) is 1.97. The molecule has 0 saturated carbocycles. The molecule has 0 aliphatic rings. The predicted molar refractivity (Wildman–Crippen MR) is 182 cm³/mol. The van der Waals surface area contributed by atoms with Gasteiger partial charge in [0.2, 0.25) is 10.0 Å². The van der Waals surface area contributed by atoms with Gasteiger partial charge in [0.25, 0.3) is 11.8 Å². The Morgan fingerprint density at radius 3 is 1.85 bits per heavy atom. The third kappa shape index (κ3) is 9.40. The van der Waals surface area contributed by atoms with Gasteiger partial charge in [-0.3, -0.25) is 13.9 Å². The minimum atomic E-state index is -3.71. The predicted octanol–water partition coefficient (Wildman–Crippen LogP) is 3.92. The maximum absolute atomic E-state index is 13.8. The Morgan fingerprint density at radius 2 is 1.28 bits per heavy atom. The molecule has 2 amide bonds. The van der Waals surface area contributed by atoms with Crippen LogP contribution in [0, 0.1) is 0 Å². The molecule has 11 heteroatoms. The second kappa shape index (κ2) is 15.5. The Morgan fingerprint density at radius 1 is 0.761 bits per heavy atom. The number of aliphatic hydroxyl groups is 1. The molecule has 0 unspecified atom stereocenters. The zero-order chi connectivity index (χ0) is 33.3. The largest absolute Gasteiger partial charge is 0.390 e. The summed E-state index contributed by atoms with van der Waals surface area (Å²) in [5.74, 6) is -1.03. The van der Waals surface area contributed by atoms with Crippen LogP contribution in [-0.2, 0) is 16.4 Å². The fourth-order valence-corrected chi connectivity index (χ4v) is 5.36. The number of carbonyl (C=O) groups excluding carboxylic acids is 2. The van der Waals surface area contributed by atoms with Crippen molar-refractivity contribution in [3.63, 3.8) is 0 Å². The van der Waals surface area contributed by atoms with Crippen molar-refractivity contribution < 1.29 is 23.1 Å². The number of carbonyl (C=O) groups is 2. The number of amides is 2. The van der Waals surface area contributed by atoms with E-state index in [0.29, 0.717) is 6.42 Å². The van der Waals surface area contributed by atoms with E-state index in [1.54, 1.807) is 5.01 Å². The zero-order valence-electron chi connectivity index (χ0n) is 26.4. The van der Waals surface area contributed by atoms with Gasteiger partial charge < -0.3 is 20.7 Å². The number of hydrogen-bond acceptors (Lipinski definition) is 7. The Labute approximate surface area is 271 Å². The second-order valence-electron chi connectivity index (χ2n) is 11.2. The van der Waals surface area contributed by atoms with Crippen molar-refractivity contribution in [3.05, 3.63) is 131 Å². The minimum absolute atomic E-state index is 0.0742. The monoisotopic (exact) mass is 643 g/mol. The third-order valence-electron chi connectivity index (χ3n) is 7.71. The number of para-hydroxylation sites is 1. The average molecular weight is 644 g/mol. The Balaban J connectivity index is 1.60. The van der Waals surface area contributed by atoms with Gasteiger partial charge in [-0.25, -0.2) is 13.8 Å². The lowest BCUT2D eigenvalue weighted by molar-refractivity contribution is 0.0830. The number of benzene rings is 4. The molecule has 46 heavy (non-hydrogen) atoms. The van der Waals surface area contributed by atoms with E-state index < -0.39 is 34.0 Å². The molecule has 0 fully saturated rings. The van der Waals surface area contributed by atoms with Gasteiger partial charge >= 0.3 is 0 Å². The van der Waals surface area contributed by atoms with Crippen LogP contribution in [0.4, 0.5) is 11.4 Å². The molecule has 4 N–H and O–H groups in total. The molecule has 3 atom stereocenters. The van der Waals surface area contributed by atoms with Crippen LogP contribution in [0.3, 0.4) is 0 Å². The van der Waals surface area contributed by atoms with E-state index in [1.165, 1.54) is 25.2 Å². The van der Waals surface area contributed by atoms with Crippen LogP contribution in [0.1, 0.15) is 44.8 Å². The molecule has 0 aliphatic carbocycles. The molecule has 0 aromatic heterocycles. The first kappa shape index (κ1) is 34.2. The number of nitrogens with one attached hydrogen (secondary N) is 3. The first-order valence-electron chi connectivity index (χ1n) is 14.9. The normalized spacial score (nSPS) is 13.2. The fraction of sp³-hybridized carbons (Fsp3) is 0.257. The fourth-order valence-electron chi connectivity index (χ4n) is 4.87. The molecule has 0 aliphatic heterocycles. The summed E-state index contributed by atoms with van der Waals surface area (Å²) in [6, 6.07) is 31.7. The van der Waals surface area contributed by atoms with Gasteiger partial charge in [-0.15, -0.1) is 0 Å². The van der Waals surface area contributed by atoms with Crippen LogP contribution in [0.5, 0.6) is 0 Å². The molecule has 0 saturated heterocycles. The summed E-state index contributed by atoms with van der Waals surface area (Å²) >= 11 is 0. The summed E-state index contributed by atoms with van der Waals surface area (Å²) in [4.78, 5) is 27.2. The molecule has 4 rings (SSSR count). The van der Waals surface area contributed by atoms with Gasteiger partial charge in [-0.05, 0) is 54.8 Å². The van der Waals surface area contributed by atoms with Crippen LogP contribution in [0.2, 0.25) is 0 Å². The van der Waals surface area contributed by atoms with Crippen molar-refractivity contribution in [2.75, 3.05) is 36.2 Å². The zero-order valence-corrected chi connectivity index (χ0v) is 27.2. The summed E-state index contributed by atoms with van der Waals surface area (Å²) in [5, 5.41) is 19.0. The smallest absolute Gasteiger partial charge is 0.251 e. The summed E-state index contributed by atoms with van der Waals surface area (Å²) in [5.41, 5.74) is 6.22. The third-order valence-corrected chi connectivity index (χ3v) is 8.92. The second-order valence-corrected chi connectivity index (χ2v) is 13.2. The van der Waals surface area contributed by atoms with Gasteiger partial charge in [0.05, 0.1) is 35.8 Å². The Kier molecular flexibility index (Phi) is 11.5. The number of hydrazine groups is 1. The van der Waals surface area contributed by atoms with Crippen molar-refractivity contribution >= 4 is 33.2 Å². The van der Waals surface area contributed by atoms with Crippen LogP contribution >= 0.6 is 0 Å². The molecule has 0 spiro atoms. The lowest BCUT2D eigenvalue weighted by Gasteiger charge is -2.28. The van der Waals surface area contributed by atoms with Crippen molar-refractivity contribution in [2.45, 2.75) is 31.5 Å². The van der Waals surface area contributed by atoms with E-state index in [0.717, 1.165) is 27.4 Å². The molecule has 4 aromatic rings. The van der Waals surface area contributed by atoms with E-state index in [-0.39, 0.29) is 29.4 Å². The number of anilines is 2. The van der Waals surface area contributed by atoms with E-state index >= 15 is 0 Å². The highest BCUT2D eigenvalue weighted by Crippen LogP contribution is 2.22. The lowest BCUT2D eigenvalue weighted by Crippen LogP contribution is -2.51. The average Bonchev–Trinajstić information content (AvgIpc) is 3.06. The number of rotatable bonds is 14. The highest BCUT2D eigenvalue weighted by atomic mass is 32.2. The Bertz CT molecular complexity index is 1710. The van der Waals surface area contributed by atoms with Gasteiger partial charge in [-0.1, -0.05) is 78.9 Å². The Hall–Kier alpha value is -4.71. The SMILES string of the molecule is C[C@@H](NC(=O)c1cc(C(=O)N[C@@H](Cc2ccccc2)[C@H](O)CNN(C)c2ccccc2)cc(N(C)S(C)(=O)=O)c1)c1ccccc1. The van der Waals surface area contributed by atoms with Crippen molar-refractivity contribution in [2.24, 2.45) is 0 Å². The minimum Gasteiger partial charge on any atom is -0.390 e. The number of nitrogens with zero attached hydrogens (tertiary/aromatic N) is 2. The highest BCUT2D eigenvalue weighted by Gasteiger charge is 2.25. The summed E-state index contributed by atoms with van der Waals surface area (Å²) in [6.07, 6.45) is 0.365. The van der Waals surface area contributed by atoms with Crippen molar-refractivity contribution in [3.8, 4) is 0 Å². The standard InChI is InChI=1S/C35H41N5O5S/c1-25(27-16-10-6-11-17-27)37-34(42)28-21-29(23-31(22-28)40(3)46(4,44)45)35(43)38-32(20-26-14-8-5-9-15-26)33(41)24-36-39(2)30-18-12-7-13-19-30/h5-19,21-23,25,32-33,36,41H,20,24H2,1-4H3,(H,37,42)(H,38,43)/t25-,32+,33-/m1/s1. The lowest BCUT2D eigenvalue weighted by atomic mass is 10.00. The van der Waals surface area contributed by atoms with E-state index in [4.69, 9.17) is 0 Å². The summed E-state index contributed by atoms with van der Waals surface area (Å²) < 4.78 is 25.9. The van der Waals surface area contributed by atoms with Crippen LogP contribution in [0.25, 0.3) is 0 Å². The van der Waals surface area contributed by atoms with Gasteiger partial charge in [0.1, 0.15) is 0 Å². The van der Waals surface area contributed by atoms with Crippen LogP contribution in [-0.4, -0.2) is 64.4 Å². The molecule has 0 bridgehead atoms. The first-order chi connectivity index (χ1) is 21.9. The quantitative estimate of drug-likeness (QED) is 0.153. The van der Waals surface area contributed by atoms with Crippen molar-refractivity contribution in [1.82, 2.24) is 16.1 Å². The van der Waals surface area contributed by atoms with Gasteiger partial charge in [-0.2, -0.15) is 0 Å². The molecule has 10 nitrogen and oxygen atoms in total. The molecular formula is C35H41N5O5S.